The first kappa shape index (κ1) is 35.4. The van der Waals surface area contributed by atoms with Crippen LogP contribution in [0.5, 0.6) is 11.5 Å². The molecule has 0 aromatic heterocycles. The van der Waals surface area contributed by atoms with Crippen LogP contribution in [0.2, 0.25) is 0 Å². The average Bonchev–Trinajstić information content (AvgIpc) is 3.30. The Morgan fingerprint density at radius 1 is 0.800 bits per heavy atom. The van der Waals surface area contributed by atoms with E-state index in [0.717, 1.165) is 46.0 Å². The number of anilines is 5. The summed E-state index contributed by atoms with van der Waals surface area (Å²) in [4.78, 5) is 6.56. The summed E-state index contributed by atoms with van der Waals surface area (Å²) in [5.74, 6) is 2.11. The van der Waals surface area contributed by atoms with E-state index in [9.17, 15) is 0 Å². The van der Waals surface area contributed by atoms with Crippen LogP contribution >= 0.6 is 0 Å². The van der Waals surface area contributed by atoms with Gasteiger partial charge < -0.3 is 19.4 Å². The van der Waals surface area contributed by atoms with Crippen LogP contribution in [0.15, 0.2) is 109 Å². The van der Waals surface area contributed by atoms with Crippen LogP contribution < -0.4 is 19.4 Å². The summed E-state index contributed by atoms with van der Waals surface area (Å²) in [6.45, 7) is 26.8. The van der Waals surface area contributed by atoms with E-state index in [1.165, 1.54) is 16.7 Å². The topological polar surface area (TPSA) is 22.0 Å². The van der Waals surface area contributed by atoms with E-state index in [1.54, 1.807) is 0 Å². The van der Waals surface area contributed by atoms with Gasteiger partial charge in [-0.1, -0.05) is 116 Å². The molecule has 0 radical (unpaired) electrons. The molecule has 0 amide bonds. The van der Waals surface area contributed by atoms with Crippen molar-refractivity contribution in [2.45, 2.75) is 66.2 Å². The van der Waals surface area contributed by atoms with Crippen molar-refractivity contribution in [3.63, 3.8) is 0 Å². The fourth-order valence-corrected chi connectivity index (χ4v) is 6.97. The number of rotatable bonds is 4. The van der Waals surface area contributed by atoms with Gasteiger partial charge >= 0.3 is 21.1 Å². The van der Waals surface area contributed by atoms with Crippen LogP contribution in [0.3, 0.4) is 0 Å². The number of nitrogens with zero attached hydrogens (tertiary/aromatic N) is 4. The van der Waals surface area contributed by atoms with Crippen molar-refractivity contribution in [3.05, 3.63) is 144 Å². The van der Waals surface area contributed by atoms with Crippen molar-refractivity contribution in [3.8, 4) is 11.5 Å². The van der Waals surface area contributed by atoms with E-state index in [2.05, 4.69) is 181 Å². The molecule has 0 aliphatic carbocycles. The van der Waals surface area contributed by atoms with Crippen LogP contribution in [0.25, 0.3) is 0 Å². The molecule has 0 atom stereocenters. The maximum absolute atomic E-state index is 6.75. The smallest absolute Gasteiger partial charge is 0.509 e. The van der Waals surface area contributed by atoms with Crippen molar-refractivity contribution >= 4 is 35.2 Å². The fourth-order valence-electron chi connectivity index (χ4n) is 6.97. The molecule has 4 aromatic carbocycles. The molecule has 0 N–H and O–H groups in total. The van der Waals surface area contributed by atoms with Crippen LogP contribution in [-0.2, 0) is 31.9 Å². The molecule has 0 spiro atoms. The van der Waals surface area contributed by atoms with E-state index in [1.807, 2.05) is 17.7 Å². The molecule has 0 unspecified atom stereocenters. The number of hydrogen-bond donors (Lipinski definition) is 0. The monoisotopic (exact) mass is 841 g/mol. The SMILES string of the molecule is C=C1N(C)c2ccccc2N1c1[c-]c(Oc2[c-]c3c(cc2)C(C)(C)c2ccccc2N3[C-]2C=C(C(C)(C)C)C=C[N+]2=C)cc(C(C)(C)C)c1.[Pt+2]. The second kappa shape index (κ2) is 12.4. The van der Waals surface area contributed by atoms with Crippen LogP contribution in [0, 0.1) is 23.7 Å². The van der Waals surface area contributed by atoms with Crippen molar-refractivity contribution in [2.24, 2.45) is 5.41 Å². The molecule has 0 bridgehead atoms. The normalized spacial score (nSPS) is 16.5. The summed E-state index contributed by atoms with van der Waals surface area (Å²) in [6.07, 6.45) is 7.41. The first-order chi connectivity index (χ1) is 23.1. The summed E-state index contributed by atoms with van der Waals surface area (Å²) in [5.41, 5.74) is 9.48. The van der Waals surface area contributed by atoms with Gasteiger partial charge in [-0.3, -0.25) is 4.58 Å². The van der Waals surface area contributed by atoms with Crippen molar-refractivity contribution < 1.29 is 30.4 Å². The van der Waals surface area contributed by atoms with Crippen molar-refractivity contribution in [1.29, 1.82) is 0 Å². The zero-order valence-electron chi connectivity index (χ0n) is 30.6. The molecule has 3 aliphatic rings. The van der Waals surface area contributed by atoms with Crippen LogP contribution in [-0.4, -0.2) is 18.3 Å². The molecule has 6 heteroatoms. The summed E-state index contributed by atoms with van der Waals surface area (Å²) in [7, 11) is 2.05. The standard InChI is InChI=1S/C44H46N4O.Pt/c1-29-46(11)38-18-14-15-19-39(38)47(29)32-24-31(43(5,6)7)25-34(27-32)49-33-20-21-36-40(28-33)48(37-17-13-12-16-35(37)44(36,8)9)41-26-30(42(2,3)4)22-23-45(41)10;/h12-26H,1,10H2,2-9,11H3;/q-2;+2. The van der Waals surface area contributed by atoms with E-state index in [4.69, 9.17) is 4.74 Å². The van der Waals surface area contributed by atoms with Gasteiger partial charge in [0.25, 0.3) is 0 Å². The van der Waals surface area contributed by atoms with Gasteiger partial charge in [0.2, 0.25) is 6.17 Å². The van der Waals surface area contributed by atoms with Crippen LogP contribution in [0.4, 0.5) is 28.4 Å². The Morgan fingerprint density at radius 2 is 1.46 bits per heavy atom. The molecule has 50 heavy (non-hydrogen) atoms. The van der Waals surface area contributed by atoms with Crippen molar-refractivity contribution in [2.75, 3.05) is 21.7 Å². The first-order valence-electron chi connectivity index (χ1n) is 17.0. The number of allylic oxidation sites excluding steroid dienone is 2. The third-order valence-corrected chi connectivity index (χ3v) is 10.0. The number of para-hydroxylation sites is 3. The van der Waals surface area contributed by atoms with Gasteiger partial charge in [0, 0.05) is 24.2 Å². The Kier molecular flexibility index (Phi) is 8.76. The van der Waals surface area contributed by atoms with E-state index in [0.29, 0.717) is 11.5 Å². The maximum Gasteiger partial charge on any atom is 2.00 e. The molecule has 4 aromatic rings. The van der Waals surface area contributed by atoms with Gasteiger partial charge in [-0.2, -0.15) is 6.07 Å². The Morgan fingerprint density at radius 3 is 2.14 bits per heavy atom. The van der Waals surface area contributed by atoms with Gasteiger partial charge in [0.05, 0.1) is 24.3 Å². The molecule has 258 valence electrons. The van der Waals surface area contributed by atoms with Gasteiger partial charge in [-0.05, 0) is 40.0 Å². The summed E-state index contributed by atoms with van der Waals surface area (Å²) in [5, 5.41) is 0. The predicted molar refractivity (Wildman–Crippen MR) is 203 cm³/mol. The summed E-state index contributed by atoms with van der Waals surface area (Å²) < 4.78 is 8.69. The zero-order chi connectivity index (χ0) is 35.0. The van der Waals surface area contributed by atoms with Gasteiger partial charge in [-0.25, -0.2) is 0 Å². The number of ether oxygens (including phenoxy) is 1. The summed E-state index contributed by atoms with van der Waals surface area (Å²) in [6, 6.07) is 32.8. The molecular weight excluding hydrogens is 796 g/mol. The van der Waals surface area contributed by atoms with E-state index >= 15 is 0 Å². The summed E-state index contributed by atoms with van der Waals surface area (Å²) >= 11 is 0. The van der Waals surface area contributed by atoms with Gasteiger partial charge in [0.1, 0.15) is 5.82 Å². The van der Waals surface area contributed by atoms with Crippen molar-refractivity contribution in [1.82, 2.24) is 0 Å². The second-order valence-corrected chi connectivity index (χ2v) is 15.8. The van der Waals surface area contributed by atoms with Gasteiger partial charge in [-0.15, -0.1) is 47.0 Å². The molecule has 0 fully saturated rings. The minimum Gasteiger partial charge on any atom is -0.509 e. The van der Waals surface area contributed by atoms with Crippen LogP contribution in [0.1, 0.15) is 72.1 Å². The Balaban J connectivity index is 0.00000432. The molecule has 3 heterocycles. The number of fused-ring (bicyclic) bond motifs is 3. The largest absolute Gasteiger partial charge is 2.00 e. The minimum absolute atomic E-state index is 0. The third kappa shape index (κ3) is 5.90. The molecule has 3 aliphatic heterocycles. The third-order valence-electron chi connectivity index (χ3n) is 10.0. The molecular formula is C44H46N4OPt. The molecule has 5 nitrogen and oxygen atoms in total. The van der Waals surface area contributed by atoms with E-state index in [-0.39, 0.29) is 37.3 Å². The van der Waals surface area contributed by atoms with E-state index < -0.39 is 0 Å². The first-order valence-corrected chi connectivity index (χ1v) is 17.0. The maximum atomic E-state index is 6.75. The second-order valence-electron chi connectivity index (χ2n) is 15.8. The molecule has 0 saturated heterocycles. The number of benzene rings is 4. The minimum atomic E-state index is -0.258. The average molecular weight is 842 g/mol. The number of hydrogen-bond acceptors (Lipinski definition) is 4. The Labute approximate surface area is 313 Å². The van der Waals surface area contributed by atoms with Gasteiger partial charge in [0.15, 0.2) is 0 Å². The molecule has 0 saturated carbocycles. The zero-order valence-corrected chi connectivity index (χ0v) is 32.9. The molecule has 7 rings (SSSR count). The predicted octanol–water partition coefficient (Wildman–Crippen LogP) is 10.9. The fraction of sp³-hybridized carbons (Fsp3) is 0.273. The quantitative estimate of drug-likeness (QED) is 0.151. The Hall–Kier alpha value is -4.47. The Bertz CT molecular complexity index is 2080.